The zero-order valence-electron chi connectivity index (χ0n) is 22.2. The number of rotatable bonds is 15. The maximum atomic E-state index is 12.9. The fraction of sp³-hybridized carbons (Fsp3) is 0.462. The van der Waals surface area contributed by atoms with Gasteiger partial charge in [-0.05, 0) is 24.1 Å². The van der Waals surface area contributed by atoms with Gasteiger partial charge in [0.25, 0.3) is 11.5 Å². The van der Waals surface area contributed by atoms with Crippen molar-refractivity contribution in [2.45, 2.75) is 45.7 Å². The third kappa shape index (κ3) is 9.34. The summed E-state index contributed by atoms with van der Waals surface area (Å²) in [5.74, 6) is -1.44. The molecule has 1 atom stereocenters. The van der Waals surface area contributed by atoms with Crippen LogP contribution in [-0.4, -0.2) is 63.9 Å². The van der Waals surface area contributed by atoms with Gasteiger partial charge in [-0.1, -0.05) is 26.7 Å². The minimum Gasteiger partial charge on any atom is -0.466 e. The van der Waals surface area contributed by atoms with E-state index in [-0.39, 0.29) is 36.8 Å². The molecule has 3 N–H and O–H groups in total. The molecule has 0 saturated carbocycles. The number of nitrogens with zero attached hydrogens (tertiary/aromatic N) is 3. The molecule has 2 aromatic heterocycles. The molecule has 0 bridgehead atoms. The summed E-state index contributed by atoms with van der Waals surface area (Å²) in [5.41, 5.74) is 0.0745. The standard InChI is InChI=1S/C26H36N6O6/c1-5-18(6-2)13-29-23(34)16-32-11-7-8-21(26(32)37)28-14-19(12-20(33)9-10-24(35)38-4)30-25(36)22-15-27-17-31(22)3/h7-11,15,17-19,28H,5-6,12-14,16H2,1-4H3,(H,29,34)(H,30,36)/b10-9+. The molecule has 2 amide bonds. The van der Waals surface area contributed by atoms with Crippen LogP contribution in [0.2, 0.25) is 0 Å². The number of anilines is 1. The Morgan fingerprint density at radius 1 is 1.13 bits per heavy atom. The maximum absolute atomic E-state index is 12.9. The molecule has 0 saturated heterocycles. The molecule has 206 valence electrons. The van der Waals surface area contributed by atoms with Gasteiger partial charge in [0.05, 0.1) is 25.7 Å². The Morgan fingerprint density at radius 3 is 2.50 bits per heavy atom. The van der Waals surface area contributed by atoms with E-state index in [9.17, 15) is 24.0 Å². The minimum absolute atomic E-state index is 0.0293. The van der Waals surface area contributed by atoms with Gasteiger partial charge in [0.2, 0.25) is 5.91 Å². The van der Waals surface area contributed by atoms with Crippen LogP contribution < -0.4 is 21.5 Å². The molecule has 1 unspecified atom stereocenters. The molecule has 0 radical (unpaired) electrons. The number of ketones is 1. The number of aryl methyl sites for hydroxylation is 1. The molecule has 12 nitrogen and oxygen atoms in total. The van der Waals surface area contributed by atoms with Crippen LogP contribution >= 0.6 is 0 Å². The molecule has 0 aliphatic rings. The van der Waals surface area contributed by atoms with Gasteiger partial charge in [-0.15, -0.1) is 0 Å². The van der Waals surface area contributed by atoms with Crippen molar-refractivity contribution >= 4 is 29.3 Å². The number of aromatic nitrogens is 3. The highest BCUT2D eigenvalue weighted by molar-refractivity contribution is 5.97. The lowest BCUT2D eigenvalue weighted by Crippen LogP contribution is -2.42. The molecule has 0 spiro atoms. The van der Waals surface area contributed by atoms with Crippen molar-refractivity contribution in [1.82, 2.24) is 24.8 Å². The number of esters is 1. The van der Waals surface area contributed by atoms with Crippen molar-refractivity contribution in [2.24, 2.45) is 13.0 Å². The minimum atomic E-state index is -0.733. The molecule has 0 aliphatic heterocycles. The molecule has 0 aliphatic carbocycles. The van der Waals surface area contributed by atoms with E-state index in [0.717, 1.165) is 25.0 Å². The molecule has 0 fully saturated rings. The van der Waals surface area contributed by atoms with E-state index in [2.05, 4.69) is 39.5 Å². The van der Waals surface area contributed by atoms with Gasteiger partial charge in [0.15, 0.2) is 5.78 Å². The number of carbonyl (C=O) groups excluding carboxylic acids is 4. The fourth-order valence-electron chi connectivity index (χ4n) is 3.62. The first-order valence-corrected chi connectivity index (χ1v) is 12.4. The number of ether oxygens (including phenoxy) is 1. The van der Waals surface area contributed by atoms with Crippen LogP contribution in [0, 0.1) is 5.92 Å². The Balaban J connectivity index is 2.11. The SMILES string of the molecule is CCC(CC)CNC(=O)Cn1cccc(NCC(CC(=O)/C=C/C(=O)OC)NC(=O)c2cncn2C)c1=O. The van der Waals surface area contributed by atoms with Crippen molar-refractivity contribution in [3.05, 3.63) is 59.1 Å². The van der Waals surface area contributed by atoms with Crippen molar-refractivity contribution < 1.29 is 23.9 Å². The second-order valence-electron chi connectivity index (χ2n) is 8.81. The van der Waals surface area contributed by atoms with E-state index in [1.807, 2.05) is 0 Å². The zero-order chi connectivity index (χ0) is 28.1. The van der Waals surface area contributed by atoms with E-state index in [0.29, 0.717) is 12.5 Å². The first-order chi connectivity index (χ1) is 18.2. The molecular formula is C26H36N6O6. The summed E-state index contributed by atoms with van der Waals surface area (Å²) in [4.78, 5) is 65.7. The predicted molar refractivity (Wildman–Crippen MR) is 142 cm³/mol. The lowest BCUT2D eigenvalue weighted by Gasteiger charge is -2.19. The van der Waals surface area contributed by atoms with Crippen LogP contribution in [0.25, 0.3) is 0 Å². The van der Waals surface area contributed by atoms with Crippen LogP contribution in [0.5, 0.6) is 0 Å². The van der Waals surface area contributed by atoms with Gasteiger partial charge >= 0.3 is 5.97 Å². The molecule has 12 heteroatoms. The number of allylic oxidation sites excluding steroid dienone is 1. The highest BCUT2D eigenvalue weighted by atomic mass is 16.5. The topological polar surface area (TPSA) is 153 Å². The van der Waals surface area contributed by atoms with Crippen molar-refractivity contribution in [1.29, 1.82) is 0 Å². The quantitative estimate of drug-likeness (QED) is 0.229. The summed E-state index contributed by atoms with van der Waals surface area (Å²) >= 11 is 0. The van der Waals surface area contributed by atoms with Gasteiger partial charge in [-0.2, -0.15) is 0 Å². The van der Waals surface area contributed by atoms with Crippen LogP contribution in [0.1, 0.15) is 43.6 Å². The molecule has 38 heavy (non-hydrogen) atoms. The average molecular weight is 529 g/mol. The number of carbonyl (C=O) groups is 4. The van der Waals surface area contributed by atoms with Gasteiger partial charge in [-0.25, -0.2) is 9.78 Å². The summed E-state index contributed by atoms with van der Waals surface area (Å²) in [6.07, 6.45) is 8.22. The average Bonchev–Trinajstić information content (AvgIpc) is 3.34. The van der Waals surface area contributed by atoms with Crippen LogP contribution in [-0.2, 0) is 32.7 Å². The van der Waals surface area contributed by atoms with Gasteiger partial charge in [0, 0.05) is 38.8 Å². The summed E-state index contributed by atoms with van der Waals surface area (Å²) in [6.45, 7) is 4.58. The van der Waals surface area contributed by atoms with Gasteiger partial charge in [0.1, 0.15) is 17.9 Å². The Labute approximate surface area is 221 Å². The van der Waals surface area contributed by atoms with Crippen LogP contribution in [0.15, 0.2) is 47.8 Å². The third-order valence-electron chi connectivity index (χ3n) is 6.05. The fourth-order valence-corrected chi connectivity index (χ4v) is 3.62. The second kappa shape index (κ2) is 15.1. The van der Waals surface area contributed by atoms with Gasteiger partial charge in [-0.3, -0.25) is 19.2 Å². The number of pyridine rings is 1. The largest absolute Gasteiger partial charge is 0.466 e. The first-order valence-electron chi connectivity index (χ1n) is 12.4. The normalized spacial score (nSPS) is 11.8. The highest BCUT2D eigenvalue weighted by Crippen LogP contribution is 2.06. The number of hydrogen-bond donors (Lipinski definition) is 3. The summed E-state index contributed by atoms with van der Waals surface area (Å²) < 4.78 is 7.31. The van der Waals surface area contributed by atoms with E-state index >= 15 is 0 Å². The lowest BCUT2D eigenvalue weighted by molar-refractivity contribution is -0.135. The van der Waals surface area contributed by atoms with Crippen molar-refractivity contribution in [3.63, 3.8) is 0 Å². The van der Waals surface area contributed by atoms with Gasteiger partial charge < -0.3 is 29.8 Å². The molecule has 0 aromatic carbocycles. The van der Waals surface area contributed by atoms with E-state index < -0.39 is 29.3 Å². The summed E-state index contributed by atoms with van der Waals surface area (Å²) in [6, 6.07) is 2.45. The van der Waals surface area contributed by atoms with E-state index in [1.165, 1.54) is 35.0 Å². The zero-order valence-corrected chi connectivity index (χ0v) is 22.2. The van der Waals surface area contributed by atoms with Crippen LogP contribution in [0.4, 0.5) is 5.69 Å². The number of imidazole rings is 1. The predicted octanol–water partition coefficient (Wildman–Crippen LogP) is 1.03. The Kier molecular flexibility index (Phi) is 11.9. The van der Waals surface area contributed by atoms with Crippen molar-refractivity contribution in [3.8, 4) is 0 Å². The Bertz CT molecular complexity index is 1200. The first kappa shape index (κ1) is 30.0. The maximum Gasteiger partial charge on any atom is 0.330 e. The Hall–Kier alpha value is -4.22. The third-order valence-corrected chi connectivity index (χ3v) is 6.05. The van der Waals surface area contributed by atoms with E-state index in [1.54, 1.807) is 19.2 Å². The lowest BCUT2D eigenvalue weighted by atomic mass is 10.0. The summed E-state index contributed by atoms with van der Waals surface area (Å²) in [5, 5.41) is 8.60. The number of amides is 2. The Morgan fingerprint density at radius 2 is 1.87 bits per heavy atom. The number of nitrogens with one attached hydrogen (secondary N) is 3. The number of methoxy groups -OCH3 is 1. The van der Waals surface area contributed by atoms with E-state index in [4.69, 9.17) is 0 Å². The molecular weight excluding hydrogens is 492 g/mol. The van der Waals surface area contributed by atoms with Crippen LogP contribution in [0.3, 0.4) is 0 Å². The molecule has 2 rings (SSSR count). The monoisotopic (exact) mass is 528 g/mol. The highest BCUT2D eigenvalue weighted by Gasteiger charge is 2.19. The molecule has 2 aromatic rings. The molecule has 2 heterocycles. The number of hydrogen-bond acceptors (Lipinski definition) is 8. The summed E-state index contributed by atoms with van der Waals surface area (Å²) in [7, 11) is 2.86. The second-order valence-corrected chi connectivity index (χ2v) is 8.81. The van der Waals surface area contributed by atoms with Crippen molar-refractivity contribution in [2.75, 3.05) is 25.5 Å². The smallest absolute Gasteiger partial charge is 0.330 e.